The molecule has 4 heteroatoms. The van der Waals surface area contributed by atoms with E-state index >= 15 is 0 Å². The summed E-state index contributed by atoms with van der Waals surface area (Å²) in [6.45, 7) is 6.58. The first-order valence-electron chi connectivity index (χ1n) is 8.10. The lowest BCUT2D eigenvalue weighted by molar-refractivity contribution is 0.337. The Bertz CT molecular complexity index is 487. The lowest BCUT2D eigenvalue weighted by Gasteiger charge is -2.31. The van der Waals surface area contributed by atoms with E-state index in [1.54, 1.807) is 0 Å². The number of hydrogen-bond donors (Lipinski definition) is 1. The maximum Gasteiger partial charge on any atom is 0.0642 e. The first-order valence-corrected chi connectivity index (χ1v) is 8.48. The molecule has 1 unspecified atom stereocenters. The minimum absolute atomic E-state index is 0.505. The second-order valence-corrected chi connectivity index (χ2v) is 7.01. The van der Waals surface area contributed by atoms with Crippen LogP contribution in [0.25, 0.3) is 0 Å². The van der Waals surface area contributed by atoms with Gasteiger partial charge < -0.3 is 15.1 Å². The summed E-state index contributed by atoms with van der Waals surface area (Å²) < 4.78 is 0. The molecule has 1 saturated heterocycles. The van der Waals surface area contributed by atoms with E-state index in [4.69, 9.17) is 11.6 Å². The highest BCUT2D eigenvalue weighted by atomic mass is 35.5. The molecular formula is C17H26ClN3. The fraction of sp³-hybridized carbons (Fsp3) is 0.647. The molecule has 1 aromatic rings. The third-order valence-electron chi connectivity index (χ3n) is 4.54. The summed E-state index contributed by atoms with van der Waals surface area (Å²) in [5, 5.41) is 4.44. The molecule has 0 radical (unpaired) electrons. The van der Waals surface area contributed by atoms with Crippen molar-refractivity contribution >= 4 is 17.3 Å². The van der Waals surface area contributed by atoms with Crippen LogP contribution in [0.5, 0.6) is 0 Å². The molecule has 0 spiro atoms. The topological polar surface area (TPSA) is 18.5 Å². The molecule has 2 aliphatic rings. The van der Waals surface area contributed by atoms with Crippen LogP contribution in [0.4, 0.5) is 5.69 Å². The lowest BCUT2D eigenvalue weighted by atomic mass is 10.1. The maximum atomic E-state index is 6.57. The predicted molar refractivity (Wildman–Crippen MR) is 90.2 cm³/mol. The van der Waals surface area contributed by atoms with Crippen LogP contribution in [0.2, 0.25) is 5.02 Å². The van der Waals surface area contributed by atoms with Crippen LogP contribution in [0.1, 0.15) is 31.7 Å². The van der Waals surface area contributed by atoms with Gasteiger partial charge in [-0.25, -0.2) is 0 Å². The first kappa shape index (κ1) is 15.1. The zero-order valence-corrected chi connectivity index (χ0v) is 13.9. The van der Waals surface area contributed by atoms with Gasteiger partial charge in [0.25, 0.3) is 0 Å². The Morgan fingerprint density at radius 1 is 1.29 bits per heavy atom. The van der Waals surface area contributed by atoms with E-state index in [-0.39, 0.29) is 0 Å². The van der Waals surface area contributed by atoms with Gasteiger partial charge in [-0.15, -0.1) is 0 Å². The van der Waals surface area contributed by atoms with Crippen LogP contribution in [0, 0.1) is 0 Å². The number of rotatable bonds is 4. The Kier molecular flexibility index (Phi) is 4.72. The number of hydrogen-bond acceptors (Lipinski definition) is 3. The molecule has 1 aliphatic carbocycles. The number of anilines is 1. The van der Waals surface area contributed by atoms with Crippen LogP contribution in [-0.4, -0.2) is 43.7 Å². The molecule has 1 N–H and O–H groups in total. The highest BCUT2D eigenvalue weighted by Gasteiger charge is 2.22. The Hall–Kier alpha value is -0.770. The Morgan fingerprint density at radius 3 is 2.81 bits per heavy atom. The molecule has 0 bridgehead atoms. The summed E-state index contributed by atoms with van der Waals surface area (Å²) in [7, 11) is 2.20. The monoisotopic (exact) mass is 307 g/mol. The molecule has 2 fully saturated rings. The third-order valence-corrected chi connectivity index (χ3v) is 4.84. The van der Waals surface area contributed by atoms with Gasteiger partial charge in [0.2, 0.25) is 0 Å². The van der Waals surface area contributed by atoms with Gasteiger partial charge in [0, 0.05) is 31.7 Å². The summed E-state index contributed by atoms with van der Waals surface area (Å²) in [6.07, 6.45) is 3.84. The van der Waals surface area contributed by atoms with E-state index in [0.29, 0.717) is 6.04 Å². The molecule has 0 amide bonds. The van der Waals surface area contributed by atoms with Gasteiger partial charge in [0.1, 0.15) is 0 Å². The smallest absolute Gasteiger partial charge is 0.0642 e. The molecule has 1 saturated carbocycles. The summed E-state index contributed by atoms with van der Waals surface area (Å²) in [5.41, 5.74) is 2.48. The van der Waals surface area contributed by atoms with Crippen molar-refractivity contribution in [1.29, 1.82) is 0 Å². The Balaban J connectivity index is 1.71. The number of halogens is 1. The maximum absolute atomic E-state index is 6.57. The number of likely N-dealkylation sites (N-methyl/N-ethyl adjacent to an activating group) is 1. The van der Waals surface area contributed by atoms with Gasteiger partial charge in [-0.1, -0.05) is 17.7 Å². The summed E-state index contributed by atoms with van der Waals surface area (Å²) in [6, 6.07) is 7.80. The van der Waals surface area contributed by atoms with Crippen LogP contribution in [0.3, 0.4) is 0 Å². The SMILES string of the molecule is CC1CN(C)CCCN1c1ccc(CNC2CC2)cc1Cl. The largest absolute Gasteiger partial charge is 0.366 e. The summed E-state index contributed by atoms with van der Waals surface area (Å²) in [4.78, 5) is 4.87. The summed E-state index contributed by atoms with van der Waals surface area (Å²) in [5.74, 6) is 0. The van der Waals surface area contributed by atoms with Crippen LogP contribution in [0.15, 0.2) is 18.2 Å². The average molecular weight is 308 g/mol. The zero-order valence-electron chi connectivity index (χ0n) is 13.1. The molecule has 0 aromatic heterocycles. The molecule has 3 nitrogen and oxygen atoms in total. The highest BCUT2D eigenvalue weighted by Crippen LogP contribution is 2.30. The van der Waals surface area contributed by atoms with E-state index in [9.17, 15) is 0 Å². The standard InChI is InChI=1S/C17H26ClN3/c1-13-12-20(2)8-3-9-21(13)17-7-4-14(10-16(17)18)11-19-15-5-6-15/h4,7,10,13,15,19H,3,5-6,8-9,11-12H2,1-2H3. The van der Waals surface area contributed by atoms with Crippen molar-refractivity contribution in [3.05, 3.63) is 28.8 Å². The molecule has 21 heavy (non-hydrogen) atoms. The quantitative estimate of drug-likeness (QED) is 0.922. The molecular weight excluding hydrogens is 282 g/mol. The number of benzene rings is 1. The van der Waals surface area contributed by atoms with Crippen LogP contribution in [-0.2, 0) is 6.54 Å². The molecule has 1 aromatic carbocycles. The molecule has 116 valence electrons. The Morgan fingerprint density at radius 2 is 2.10 bits per heavy atom. The van der Waals surface area contributed by atoms with E-state index in [2.05, 4.69) is 47.3 Å². The zero-order chi connectivity index (χ0) is 14.8. The molecule has 3 rings (SSSR count). The molecule has 1 atom stereocenters. The van der Waals surface area contributed by atoms with Crippen molar-refractivity contribution in [3.8, 4) is 0 Å². The highest BCUT2D eigenvalue weighted by molar-refractivity contribution is 6.33. The van der Waals surface area contributed by atoms with Gasteiger partial charge in [0.15, 0.2) is 0 Å². The van der Waals surface area contributed by atoms with Crippen molar-refractivity contribution in [1.82, 2.24) is 10.2 Å². The van der Waals surface area contributed by atoms with Gasteiger partial charge in [-0.2, -0.15) is 0 Å². The Labute approximate surface area is 133 Å². The second-order valence-electron chi connectivity index (χ2n) is 6.60. The third kappa shape index (κ3) is 3.91. The van der Waals surface area contributed by atoms with Gasteiger partial charge in [-0.3, -0.25) is 0 Å². The van der Waals surface area contributed by atoms with Gasteiger partial charge in [0.05, 0.1) is 10.7 Å². The number of nitrogens with zero attached hydrogens (tertiary/aromatic N) is 2. The van der Waals surface area contributed by atoms with E-state index < -0.39 is 0 Å². The number of nitrogens with one attached hydrogen (secondary N) is 1. The fourth-order valence-electron chi connectivity index (χ4n) is 3.17. The van der Waals surface area contributed by atoms with Crippen molar-refractivity contribution in [2.24, 2.45) is 0 Å². The first-order chi connectivity index (χ1) is 10.1. The van der Waals surface area contributed by atoms with Gasteiger partial charge >= 0.3 is 0 Å². The normalized spacial score (nSPS) is 24.1. The predicted octanol–water partition coefficient (Wildman–Crippen LogP) is 3.12. The van der Waals surface area contributed by atoms with E-state index in [1.807, 2.05) is 0 Å². The van der Waals surface area contributed by atoms with E-state index in [1.165, 1.54) is 37.1 Å². The van der Waals surface area contributed by atoms with Crippen molar-refractivity contribution in [3.63, 3.8) is 0 Å². The molecule has 1 aliphatic heterocycles. The van der Waals surface area contributed by atoms with Crippen LogP contribution >= 0.6 is 11.6 Å². The minimum Gasteiger partial charge on any atom is -0.366 e. The minimum atomic E-state index is 0.505. The summed E-state index contributed by atoms with van der Waals surface area (Å²) >= 11 is 6.57. The van der Waals surface area contributed by atoms with E-state index in [0.717, 1.165) is 30.7 Å². The van der Waals surface area contributed by atoms with Crippen molar-refractivity contribution < 1.29 is 0 Å². The lowest BCUT2D eigenvalue weighted by Crippen LogP contribution is -2.38. The van der Waals surface area contributed by atoms with Crippen molar-refractivity contribution in [2.75, 3.05) is 31.6 Å². The second kappa shape index (κ2) is 6.55. The van der Waals surface area contributed by atoms with Gasteiger partial charge in [-0.05, 0) is 57.5 Å². The van der Waals surface area contributed by atoms with Crippen LogP contribution < -0.4 is 10.2 Å². The van der Waals surface area contributed by atoms with Crippen molar-refractivity contribution in [2.45, 2.75) is 44.8 Å². The fourth-order valence-corrected chi connectivity index (χ4v) is 3.48. The molecule has 1 heterocycles. The average Bonchev–Trinajstić information content (AvgIpc) is 3.26.